The van der Waals surface area contributed by atoms with Crippen LogP contribution < -0.4 is 10.2 Å². The number of benzene rings is 1. The van der Waals surface area contributed by atoms with E-state index in [9.17, 15) is 14.4 Å². The Bertz CT molecular complexity index is 965. The maximum absolute atomic E-state index is 13.0. The van der Waals surface area contributed by atoms with E-state index in [4.69, 9.17) is 18.6 Å². The number of carbonyl (C=O) groups excluding carboxylic acids is 2. The van der Waals surface area contributed by atoms with Gasteiger partial charge in [-0.05, 0) is 32.8 Å². The topological polar surface area (TPSA) is 92.0 Å². The molecule has 0 unspecified atom stereocenters. The average Bonchev–Trinajstić information content (AvgIpc) is 2.68. The Hall–Kier alpha value is -2.93. The summed E-state index contributed by atoms with van der Waals surface area (Å²) < 4.78 is 21.7. The van der Waals surface area contributed by atoms with Crippen molar-refractivity contribution in [3.8, 4) is 5.75 Å². The van der Waals surface area contributed by atoms with Crippen LogP contribution in [0.5, 0.6) is 5.75 Å². The molecular formula is C24H28O7. The van der Waals surface area contributed by atoms with Crippen LogP contribution in [0.2, 0.25) is 0 Å². The fourth-order valence-corrected chi connectivity index (χ4v) is 3.37. The molecule has 7 nitrogen and oxygen atoms in total. The summed E-state index contributed by atoms with van der Waals surface area (Å²) >= 11 is 0. The molecule has 0 saturated carbocycles. The highest BCUT2D eigenvalue weighted by Crippen LogP contribution is 2.38. The second kappa shape index (κ2) is 9.47. The van der Waals surface area contributed by atoms with Gasteiger partial charge in [-0.1, -0.05) is 30.3 Å². The largest absolute Gasteiger partial charge is 0.481 e. The summed E-state index contributed by atoms with van der Waals surface area (Å²) in [6.45, 7) is 6.29. The smallest absolute Gasteiger partial charge is 0.306 e. The quantitative estimate of drug-likeness (QED) is 0.441. The minimum Gasteiger partial charge on any atom is -0.481 e. The van der Waals surface area contributed by atoms with Crippen LogP contribution in [-0.2, 0) is 20.9 Å². The highest BCUT2D eigenvalue weighted by Gasteiger charge is 2.42. The second-order valence-corrected chi connectivity index (χ2v) is 8.90. The van der Waals surface area contributed by atoms with Crippen LogP contribution in [0.25, 0.3) is 0 Å². The highest BCUT2D eigenvalue weighted by atomic mass is 16.6. The van der Waals surface area contributed by atoms with E-state index >= 15 is 0 Å². The first-order chi connectivity index (χ1) is 14.7. The van der Waals surface area contributed by atoms with E-state index < -0.39 is 16.4 Å². The van der Waals surface area contributed by atoms with Gasteiger partial charge in [-0.3, -0.25) is 14.4 Å². The fraction of sp³-hybridized carbons (Fsp3) is 0.458. The van der Waals surface area contributed by atoms with Crippen LogP contribution in [0.15, 0.2) is 51.9 Å². The van der Waals surface area contributed by atoms with Gasteiger partial charge in [0.05, 0.1) is 19.5 Å². The Morgan fingerprint density at radius 2 is 1.81 bits per heavy atom. The number of hydrogen-bond acceptors (Lipinski definition) is 7. The molecular weight excluding hydrogens is 400 g/mol. The molecule has 3 rings (SSSR count). The van der Waals surface area contributed by atoms with Crippen molar-refractivity contribution in [2.45, 2.75) is 52.2 Å². The third kappa shape index (κ3) is 6.28. The van der Waals surface area contributed by atoms with Crippen LogP contribution in [0.1, 0.15) is 56.2 Å². The number of carbonyl (C=O) groups is 2. The van der Waals surface area contributed by atoms with Gasteiger partial charge < -0.3 is 18.6 Å². The summed E-state index contributed by atoms with van der Waals surface area (Å²) in [7, 11) is 0. The van der Waals surface area contributed by atoms with Crippen LogP contribution >= 0.6 is 0 Å². The van der Waals surface area contributed by atoms with E-state index in [-0.39, 0.29) is 42.7 Å². The lowest BCUT2D eigenvalue weighted by Crippen LogP contribution is -2.44. The lowest BCUT2D eigenvalue weighted by Gasteiger charge is -2.41. The van der Waals surface area contributed by atoms with E-state index in [0.717, 1.165) is 5.56 Å². The molecule has 0 spiro atoms. The monoisotopic (exact) mass is 428 g/mol. The third-order valence-corrected chi connectivity index (χ3v) is 4.95. The van der Waals surface area contributed by atoms with Gasteiger partial charge in [0.15, 0.2) is 0 Å². The summed E-state index contributed by atoms with van der Waals surface area (Å²) in [5, 5.41) is 0. The molecule has 1 saturated heterocycles. The van der Waals surface area contributed by atoms with Crippen molar-refractivity contribution in [2.75, 3.05) is 13.2 Å². The van der Waals surface area contributed by atoms with Gasteiger partial charge in [0, 0.05) is 24.3 Å². The van der Waals surface area contributed by atoms with Crippen molar-refractivity contribution in [3.63, 3.8) is 0 Å². The molecule has 0 N–H and O–H groups in total. The van der Waals surface area contributed by atoms with E-state index in [0.29, 0.717) is 19.6 Å². The molecule has 0 atom stereocenters. The number of ketones is 1. The zero-order valence-electron chi connectivity index (χ0n) is 18.1. The number of Topliss-reactive ketones (excluding diaryl/α,β-unsaturated/α-hetero) is 1. The van der Waals surface area contributed by atoms with Gasteiger partial charge in [-0.2, -0.15) is 0 Å². The molecule has 0 radical (unpaired) electrons. The number of ether oxygens (including phenoxy) is 3. The molecule has 0 aliphatic carbocycles. The molecule has 1 aromatic carbocycles. The molecule has 2 aromatic rings. The summed E-state index contributed by atoms with van der Waals surface area (Å²) in [6.07, 6.45) is 1.91. The first kappa shape index (κ1) is 22.7. The SMILES string of the molecule is CC(C)(C)OC(=O)CCC1(CC(=O)c2occc(=O)c2OCc2ccccc2)COC1. The molecule has 0 bridgehead atoms. The van der Waals surface area contributed by atoms with Crippen molar-refractivity contribution in [2.24, 2.45) is 5.41 Å². The molecule has 1 aromatic heterocycles. The zero-order valence-corrected chi connectivity index (χ0v) is 18.1. The van der Waals surface area contributed by atoms with Crippen molar-refractivity contribution < 1.29 is 28.2 Å². The van der Waals surface area contributed by atoms with Crippen LogP contribution in [0.4, 0.5) is 0 Å². The second-order valence-electron chi connectivity index (χ2n) is 8.90. The van der Waals surface area contributed by atoms with Gasteiger partial charge in [0.2, 0.25) is 22.7 Å². The van der Waals surface area contributed by atoms with Crippen molar-refractivity contribution in [1.82, 2.24) is 0 Å². The summed E-state index contributed by atoms with van der Waals surface area (Å²) in [5.74, 6) is -0.872. The van der Waals surface area contributed by atoms with Crippen LogP contribution in [0, 0.1) is 5.41 Å². The highest BCUT2D eigenvalue weighted by molar-refractivity contribution is 5.96. The van der Waals surface area contributed by atoms with Crippen molar-refractivity contribution >= 4 is 11.8 Å². The number of hydrogen-bond donors (Lipinski definition) is 0. The molecule has 2 heterocycles. The molecule has 0 amide bonds. The third-order valence-electron chi connectivity index (χ3n) is 4.95. The lowest BCUT2D eigenvalue weighted by atomic mass is 9.76. The Labute approximate surface area is 181 Å². The normalized spacial score (nSPS) is 15.1. The first-order valence-corrected chi connectivity index (χ1v) is 10.3. The molecule has 1 aliphatic heterocycles. The Morgan fingerprint density at radius 3 is 2.42 bits per heavy atom. The Morgan fingerprint density at radius 1 is 1.10 bits per heavy atom. The summed E-state index contributed by atoms with van der Waals surface area (Å²) in [4.78, 5) is 37.5. The fourth-order valence-electron chi connectivity index (χ4n) is 3.37. The van der Waals surface area contributed by atoms with E-state index in [1.807, 2.05) is 51.1 Å². The minimum atomic E-state index is -0.561. The van der Waals surface area contributed by atoms with Gasteiger partial charge >= 0.3 is 5.97 Å². The zero-order chi connectivity index (χ0) is 22.5. The molecule has 166 valence electrons. The number of rotatable bonds is 9. The van der Waals surface area contributed by atoms with Crippen LogP contribution in [-0.4, -0.2) is 30.6 Å². The van der Waals surface area contributed by atoms with Crippen molar-refractivity contribution in [1.29, 1.82) is 0 Å². The number of esters is 1. The standard InChI is InChI=1S/C24H28O7/c1-23(2,3)31-20(27)9-11-24(15-28-16-24)13-19(26)22-21(18(25)10-12-29-22)30-14-17-7-5-4-6-8-17/h4-8,10,12H,9,11,13-16H2,1-3H3. The average molecular weight is 428 g/mol. The molecule has 7 heteroatoms. The maximum atomic E-state index is 13.0. The van der Waals surface area contributed by atoms with E-state index in [1.165, 1.54) is 12.3 Å². The first-order valence-electron chi connectivity index (χ1n) is 10.3. The molecule has 1 fully saturated rings. The Kier molecular flexibility index (Phi) is 6.95. The predicted octanol–water partition coefficient (Wildman–Crippen LogP) is 3.93. The molecule has 31 heavy (non-hydrogen) atoms. The maximum Gasteiger partial charge on any atom is 0.306 e. The predicted molar refractivity (Wildman–Crippen MR) is 113 cm³/mol. The van der Waals surface area contributed by atoms with Gasteiger partial charge in [0.25, 0.3) is 0 Å². The van der Waals surface area contributed by atoms with Gasteiger partial charge in [-0.15, -0.1) is 0 Å². The Balaban J connectivity index is 1.68. The minimum absolute atomic E-state index is 0.0877. The van der Waals surface area contributed by atoms with Gasteiger partial charge in [0.1, 0.15) is 12.2 Å². The summed E-state index contributed by atoms with van der Waals surface area (Å²) in [5.41, 5.74) is -0.600. The lowest BCUT2D eigenvalue weighted by molar-refractivity contribution is -0.159. The van der Waals surface area contributed by atoms with Crippen molar-refractivity contribution in [3.05, 3.63) is 64.2 Å². The van der Waals surface area contributed by atoms with E-state index in [1.54, 1.807) is 0 Å². The molecule has 1 aliphatic rings. The van der Waals surface area contributed by atoms with E-state index in [2.05, 4.69) is 0 Å². The van der Waals surface area contributed by atoms with Crippen LogP contribution in [0.3, 0.4) is 0 Å². The van der Waals surface area contributed by atoms with Gasteiger partial charge in [-0.25, -0.2) is 0 Å². The summed E-state index contributed by atoms with van der Waals surface area (Å²) in [6, 6.07) is 10.6.